The number of likely N-dealkylation sites (N-methyl/N-ethyl adjacent to an activating group) is 1. The van der Waals surface area contributed by atoms with Crippen molar-refractivity contribution in [3.05, 3.63) is 47.5 Å². The molecule has 3 aliphatic rings. The highest BCUT2D eigenvalue weighted by Crippen LogP contribution is 2.23. The number of fused-ring (bicyclic) bond motifs is 2. The molecule has 4 rings (SSSR count). The summed E-state index contributed by atoms with van der Waals surface area (Å²) in [5.74, 6) is -6.63. The van der Waals surface area contributed by atoms with Crippen molar-refractivity contribution in [3.63, 3.8) is 0 Å². The zero-order valence-corrected chi connectivity index (χ0v) is 30.0. The average molecular weight is 731 g/mol. The van der Waals surface area contributed by atoms with E-state index in [4.69, 9.17) is 4.74 Å². The van der Waals surface area contributed by atoms with E-state index in [1.54, 1.807) is 6.08 Å². The molecule has 16 heteroatoms. The van der Waals surface area contributed by atoms with Gasteiger partial charge in [0, 0.05) is 32.6 Å². The second kappa shape index (κ2) is 18.0. The Morgan fingerprint density at radius 1 is 0.962 bits per heavy atom. The van der Waals surface area contributed by atoms with Crippen LogP contribution < -0.4 is 16.0 Å². The maximum absolute atomic E-state index is 14.2. The Balaban J connectivity index is 1.66. The van der Waals surface area contributed by atoms with Gasteiger partial charge < -0.3 is 35.4 Å². The number of nitrogens with one attached hydrogen (secondary N) is 3. The number of unbranched alkanes of at least 4 members (excludes halogenated alkanes) is 2. The van der Waals surface area contributed by atoms with E-state index < -0.39 is 95.9 Å². The molecule has 6 atom stereocenters. The third-order valence-corrected chi connectivity index (χ3v) is 9.66. The van der Waals surface area contributed by atoms with Crippen LogP contribution >= 0.6 is 0 Å². The van der Waals surface area contributed by atoms with E-state index in [9.17, 15) is 42.3 Å². The van der Waals surface area contributed by atoms with Crippen LogP contribution in [0.1, 0.15) is 71.3 Å². The van der Waals surface area contributed by atoms with Gasteiger partial charge in [-0.05, 0) is 69.7 Å². The number of esters is 1. The van der Waals surface area contributed by atoms with E-state index in [0.29, 0.717) is 25.3 Å². The van der Waals surface area contributed by atoms with Crippen LogP contribution in [-0.4, -0.2) is 119 Å². The van der Waals surface area contributed by atoms with Crippen LogP contribution in [0.4, 0.5) is 8.78 Å². The lowest BCUT2D eigenvalue weighted by molar-refractivity contribution is -0.158. The minimum atomic E-state index is -1.56. The first kappa shape index (κ1) is 39.9. The van der Waals surface area contributed by atoms with Gasteiger partial charge in [-0.15, -0.1) is 0 Å². The van der Waals surface area contributed by atoms with Crippen molar-refractivity contribution in [2.45, 2.75) is 108 Å². The van der Waals surface area contributed by atoms with Crippen molar-refractivity contribution in [1.29, 1.82) is 0 Å². The SMILES string of the molecule is CCCC/C=C/C(=O)N[C@H](Cc1cc(F)cc(F)c1)C(=O)N[C@H]1COC(=O)[C@@H]2CCCN2C(=O)[C@H](C)NC(=O)[C@H](C)N(C)C(=O)[C@@H]2CCCN2C1=O. The lowest BCUT2D eigenvalue weighted by Gasteiger charge is -2.34. The molecular formula is C36H48F2N6O8. The Hall–Kier alpha value is -4.89. The monoisotopic (exact) mass is 730 g/mol. The van der Waals surface area contributed by atoms with E-state index >= 15 is 0 Å². The van der Waals surface area contributed by atoms with Crippen molar-refractivity contribution in [2.75, 3.05) is 26.7 Å². The molecule has 52 heavy (non-hydrogen) atoms. The average Bonchev–Trinajstić information content (AvgIpc) is 3.80. The molecule has 284 valence electrons. The molecule has 0 bridgehead atoms. The third-order valence-electron chi connectivity index (χ3n) is 9.66. The van der Waals surface area contributed by atoms with Gasteiger partial charge in [-0.1, -0.05) is 25.8 Å². The normalized spacial score (nSPS) is 25.5. The smallest absolute Gasteiger partial charge is 0.328 e. The maximum Gasteiger partial charge on any atom is 0.328 e. The molecule has 3 fully saturated rings. The number of rotatable bonds is 9. The van der Waals surface area contributed by atoms with Gasteiger partial charge in [0.25, 0.3) is 0 Å². The minimum Gasteiger partial charge on any atom is -0.461 e. The summed E-state index contributed by atoms with van der Waals surface area (Å²) in [7, 11) is 1.42. The molecule has 0 saturated carbocycles. The molecule has 14 nitrogen and oxygen atoms in total. The van der Waals surface area contributed by atoms with Crippen molar-refractivity contribution in [3.8, 4) is 0 Å². The fourth-order valence-corrected chi connectivity index (χ4v) is 6.62. The molecule has 0 radical (unpaired) electrons. The van der Waals surface area contributed by atoms with Crippen molar-refractivity contribution < 1.29 is 47.1 Å². The van der Waals surface area contributed by atoms with Gasteiger partial charge in [0.1, 0.15) is 54.5 Å². The van der Waals surface area contributed by atoms with Crippen molar-refractivity contribution in [1.82, 2.24) is 30.7 Å². The molecule has 3 aliphatic heterocycles. The molecule has 1 aromatic rings. The van der Waals surface area contributed by atoms with Gasteiger partial charge in [0.05, 0.1) is 0 Å². The Labute approximate surface area is 301 Å². The van der Waals surface area contributed by atoms with E-state index in [-0.39, 0.29) is 37.9 Å². The standard InChI is InChI=1S/C36H48F2N6O8/c1-5-6-7-8-13-30(45)40-26(18-23-16-24(37)19-25(38)17-23)32(47)41-27-20-52-36(51)29-12-10-15-44(29)33(48)21(2)39-31(46)22(3)42(4)35(50)28-11-9-14-43(28)34(27)49/h8,13,16-17,19,21-22,26-29H,5-7,9-12,14-15,18,20H2,1-4H3,(H,39,46)(H,40,45)(H,41,47)/b13-8+/t21-,22-,26+,27-,28-,29-/m0/s1. The van der Waals surface area contributed by atoms with Gasteiger partial charge in [0.15, 0.2) is 0 Å². The first-order valence-electron chi connectivity index (χ1n) is 17.8. The van der Waals surface area contributed by atoms with E-state index in [1.165, 1.54) is 41.7 Å². The van der Waals surface area contributed by atoms with Gasteiger partial charge in [-0.3, -0.25) is 28.8 Å². The Kier molecular flexibility index (Phi) is 13.8. The summed E-state index contributed by atoms with van der Waals surface area (Å²) in [6, 6.07) is -4.36. The van der Waals surface area contributed by atoms with Crippen LogP contribution in [0.5, 0.6) is 0 Å². The van der Waals surface area contributed by atoms with Crippen LogP contribution in [-0.2, 0) is 44.7 Å². The maximum atomic E-state index is 14.2. The van der Waals surface area contributed by atoms with Gasteiger partial charge >= 0.3 is 5.97 Å². The van der Waals surface area contributed by atoms with Gasteiger partial charge in [-0.25, -0.2) is 13.6 Å². The van der Waals surface area contributed by atoms with Crippen molar-refractivity contribution in [2.24, 2.45) is 0 Å². The summed E-state index contributed by atoms with van der Waals surface area (Å²) in [4.78, 5) is 98.3. The molecule has 6 amide bonds. The quantitative estimate of drug-likeness (QED) is 0.193. The summed E-state index contributed by atoms with van der Waals surface area (Å²) in [6.07, 6.45) is 6.26. The molecule has 0 unspecified atom stereocenters. The van der Waals surface area contributed by atoms with Crippen LogP contribution in [0, 0.1) is 11.6 Å². The highest BCUT2D eigenvalue weighted by atomic mass is 19.1. The van der Waals surface area contributed by atoms with E-state index in [1.807, 2.05) is 6.92 Å². The predicted molar refractivity (Wildman–Crippen MR) is 183 cm³/mol. The molecule has 3 saturated heterocycles. The largest absolute Gasteiger partial charge is 0.461 e. The summed E-state index contributed by atoms with van der Waals surface area (Å²) in [5.41, 5.74) is 0.0512. The summed E-state index contributed by atoms with van der Waals surface area (Å²) >= 11 is 0. The molecule has 0 aliphatic carbocycles. The number of hydrogen-bond acceptors (Lipinski definition) is 8. The fourth-order valence-electron chi connectivity index (χ4n) is 6.62. The molecule has 0 aromatic heterocycles. The second-order valence-electron chi connectivity index (χ2n) is 13.5. The number of cyclic esters (lactones) is 1. The Bertz CT molecular complexity index is 1550. The fraction of sp³-hybridized carbons (Fsp3) is 0.583. The lowest BCUT2D eigenvalue weighted by atomic mass is 10.0. The van der Waals surface area contributed by atoms with Crippen LogP contribution in [0.3, 0.4) is 0 Å². The zero-order valence-electron chi connectivity index (χ0n) is 30.0. The van der Waals surface area contributed by atoms with Gasteiger partial charge in [0.2, 0.25) is 35.4 Å². The Morgan fingerprint density at radius 3 is 2.25 bits per heavy atom. The number of allylic oxidation sites excluding steroid dienone is 1. The van der Waals surface area contributed by atoms with Crippen LogP contribution in [0.25, 0.3) is 0 Å². The van der Waals surface area contributed by atoms with Crippen LogP contribution in [0.15, 0.2) is 30.4 Å². The van der Waals surface area contributed by atoms with E-state index in [2.05, 4.69) is 16.0 Å². The number of carbonyl (C=O) groups is 7. The third kappa shape index (κ3) is 9.91. The molecule has 3 heterocycles. The van der Waals surface area contributed by atoms with E-state index in [0.717, 1.165) is 25.0 Å². The number of hydrogen-bond donors (Lipinski definition) is 3. The molecule has 3 N–H and O–H groups in total. The second-order valence-corrected chi connectivity index (χ2v) is 13.5. The number of amides is 6. The summed E-state index contributed by atoms with van der Waals surface area (Å²) in [6.45, 7) is 4.62. The van der Waals surface area contributed by atoms with Crippen molar-refractivity contribution >= 4 is 41.4 Å². The molecular weight excluding hydrogens is 682 g/mol. The number of ether oxygens (including phenoxy) is 1. The lowest BCUT2D eigenvalue weighted by Crippen LogP contribution is -2.60. The number of halogens is 2. The number of benzene rings is 1. The molecule has 1 aromatic carbocycles. The topological polar surface area (TPSA) is 175 Å². The number of nitrogens with zero attached hydrogens (tertiary/aromatic N) is 3. The Morgan fingerprint density at radius 2 is 1.60 bits per heavy atom. The highest BCUT2D eigenvalue weighted by molar-refractivity contribution is 5.98. The highest BCUT2D eigenvalue weighted by Gasteiger charge is 2.43. The first-order valence-corrected chi connectivity index (χ1v) is 17.8. The predicted octanol–water partition coefficient (Wildman–Crippen LogP) is 1.11. The van der Waals surface area contributed by atoms with Gasteiger partial charge in [-0.2, -0.15) is 0 Å². The zero-order chi connectivity index (χ0) is 38.1. The summed E-state index contributed by atoms with van der Waals surface area (Å²) < 4.78 is 33.8. The minimum absolute atomic E-state index is 0.0512. The van der Waals surface area contributed by atoms with Crippen LogP contribution in [0.2, 0.25) is 0 Å². The first-order chi connectivity index (χ1) is 24.7. The summed E-state index contributed by atoms with van der Waals surface area (Å²) in [5, 5.41) is 7.71. The number of carbonyl (C=O) groups excluding carboxylic acids is 7. The molecule has 0 spiro atoms.